The number of nitrogens with zero attached hydrogens (tertiary/aromatic N) is 1. The first-order chi connectivity index (χ1) is 10.9. The fraction of sp³-hybridized carbons (Fsp3) is 0.533. The van der Waals surface area contributed by atoms with E-state index in [4.69, 9.17) is 0 Å². The summed E-state index contributed by atoms with van der Waals surface area (Å²) in [6.45, 7) is 2.41. The zero-order chi connectivity index (χ0) is 17.3. The Morgan fingerprint density at radius 2 is 1.92 bits per heavy atom. The first-order valence-corrected chi connectivity index (χ1v) is 8.60. The third-order valence-electron chi connectivity index (χ3n) is 2.92. The molecule has 0 aromatic heterocycles. The Bertz CT molecular complexity index is 524. The molecule has 2 N–H and O–H groups in total. The van der Waals surface area contributed by atoms with Crippen LogP contribution in [-0.4, -0.2) is 31.5 Å². The molecular weight excluding hydrogens is 457 g/mol. The van der Waals surface area contributed by atoms with Crippen LogP contribution in [0.3, 0.4) is 0 Å². The summed E-state index contributed by atoms with van der Waals surface area (Å²) in [6.07, 6.45) is -3.21. The van der Waals surface area contributed by atoms with Crippen molar-refractivity contribution in [3.8, 4) is 0 Å². The summed E-state index contributed by atoms with van der Waals surface area (Å²) in [7, 11) is 0. The van der Waals surface area contributed by atoms with Crippen LogP contribution in [0, 0.1) is 5.82 Å². The number of hydrogen-bond acceptors (Lipinski definition) is 2. The second-order valence-electron chi connectivity index (χ2n) is 4.83. The number of nitrogens with one attached hydrogen (secondary N) is 2. The van der Waals surface area contributed by atoms with Crippen LogP contribution in [0.15, 0.2) is 23.2 Å². The molecule has 138 valence electrons. The predicted octanol–water partition coefficient (Wildman–Crippen LogP) is 4.31. The number of thioether (sulfide) groups is 1. The minimum atomic E-state index is -4.20. The van der Waals surface area contributed by atoms with Crippen LogP contribution < -0.4 is 10.6 Å². The molecule has 0 fully saturated rings. The summed E-state index contributed by atoms with van der Waals surface area (Å²) in [5.41, 5.74) is 1.70. The van der Waals surface area contributed by atoms with Crippen LogP contribution in [0.5, 0.6) is 0 Å². The molecule has 0 spiro atoms. The molecule has 1 rings (SSSR count). The average Bonchev–Trinajstić information content (AvgIpc) is 2.45. The van der Waals surface area contributed by atoms with Crippen LogP contribution in [0.2, 0.25) is 0 Å². The Kier molecular flexibility index (Phi) is 11.4. The van der Waals surface area contributed by atoms with Gasteiger partial charge in [0, 0.05) is 18.8 Å². The Morgan fingerprint density at radius 3 is 2.50 bits per heavy atom. The molecule has 0 aliphatic carbocycles. The quantitative estimate of drug-likeness (QED) is 0.265. The van der Waals surface area contributed by atoms with Crippen molar-refractivity contribution in [2.75, 3.05) is 19.3 Å². The molecule has 0 unspecified atom stereocenters. The Labute approximate surface area is 161 Å². The van der Waals surface area contributed by atoms with Gasteiger partial charge in [-0.2, -0.15) is 24.9 Å². The van der Waals surface area contributed by atoms with E-state index in [0.717, 1.165) is 11.1 Å². The minimum absolute atomic E-state index is 0. The monoisotopic (exact) mass is 479 g/mol. The molecule has 0 saturated carbocycles. The number of alkyl halides is 3. The maximum Gasteiger partial charge on any atom is 0.390 e. The smallest absolute Gasteiger partial charge is 0.357 e. The van der Waals surface area contributed by atoms with Gasteiger partial charge in [0.05, 0.1) is 13.0 Å². The summed E-state index contributed by atoms with van der Waals surface area (Å²) in [5, 5.41) is 5.54. The Hall–Kier alpha value is -0.710. The topological polar surface area (TPSA) is 36.4 Å². The molecule has 0 aliphatic heterocycles. The molecule has 3 nitrogen and oxygen atoms in total. The molecule has 9 heteroatoms. The van der Waals surface area contributed by atoms with Crippen LogP contribution in [0.1, 0.15) is 24.5 Å². The van der Waals surface area contributed by atoms with Gasteiger partial charge in [0.1, 0.15) is 5.82 Å². The second-order valence-corrected chi connectivity index (χ2v) is 5.70. The summed E-state index contributed by atoms with van der Waals surface area (Å²) in [4.78, 5) is 4.27. The van der Waals surface area contributed by atoms with Gasteiger partial charge < -0.3 is 10.6 Å². The van der Waals surface area contributed by atoms with E-state index in [1.54, 1.807) is 17.8 Å². The zero-order valence-electron chi connectivity index (χ0n) is 13.5. The van der Waals surface area contributed by atoms with Crippen molar-refractivity contribution < 1.29 is 17.6 Å². The summed E-state index contributed by atoms with van der Waals surface area (Å²) < 4.78 is 49.8. The zero-order valence-corrected chi connectivity index (χ0v) is 16.7. The lowest BCUT2D eigenvalue weighted by Crippen LogP contribution is -2.38. The van der Waals surface area contributed by atoms with Gasteiger partial charge in [0.15, 0.2) is 5.96 Å². The predicted molar refractivity (Wildman–Crippen MR) is 103 cm³/mol. The lowest BCUT2D eigenvalue weighted by atomic mass is 10.1. The number of halogens is 5. The van der Waals surface area contributed by atoms with Gasteiger partial charge in [-0.3, -0.25) is 0 Å². The van der Waals surface area contributed by atoms with Gasteiger partial charge in [-0.1, -0.05) is 6.07 Å². The Morgan fingerprint density at radius 1 is 1.21 bits per heavy atom. The van der Waals surface area contributed by atoms with E-state index in [0.29, 0.717) is 18.3 Å². The molecular formula is C15H22F4IN3S. The SMILES string of the molecule is CCNC(=NCc1ccc(F)cc1CSC)NCCC(F)(F)F.I. The van der Waals surface area contributed by atoms with E-state index in [-0.39, 0.29) is 42.9 Å². The van der Waals surface area contributed by atoms with Crippen molar-refractivity contribution in [3.05, 3.63) is 35.1 Å². The van der Waals surface area contributed by atoms with Gasteiger partial charge in [-0.15, -0.1) is 24.0 Å². The van der Waals surface area contributed by atoms with Gasteiger partial charge >= 0.3 is 6.18 Å². The summed E-state index contributed by atoms with van der Waals surface area (Å²) >= 11 is 1.57. The maximum atomic E-state index is 13.3. The molecule has 0 radical (unpaired) electrons. The van der Waals surface area contributed by atoms with Crippen molar-refractivity contribution in [2.45, 2.75) is 31.8 Å². The Balaban J connectivity index is 0.00000529. The summed E-state index contributed by atoms with van der Waals surface area (Å²) in [6, 6.07) is 4.48. The van der Waals surface area contributed by atoms with Crippen molar-refractivity contribution >= 4 is 41.7 Å². The van der Waals surface area contributed by atoms with Gasteiger partial charge in [0.25, 0.3) is 0 Å². The molecule has 0 bridgehead atoms. The van der Waals surface area contributed by atoms with Crippen molar-refractivity contribution in [2.24, 2.45) is 4.99 Å². The highest BCUT2D eigenvalue weighted by atomic mass is 127. The highest BCUT2D eigenvalue weighted by Gasteiger charge is 2.26. The number of rotatable bonds is 7. The minimum Gasteiger partial charge on any atom is -0.357 e. The van der Waals surface area contributed by atoms with E-state index >= 15 is 0 Å². The first-order valence-electron chi connectivity index (χ1n) is 7.21. The van der Waals surface area contributed by atoms with Gasteiger partial charge in [-0.05, 0) is 36.4 Å². The molecule has 0 saturated heterocycles. The molecule has 0 aliphatic rings. The van der Waals surface area contributed by atoms with E-state index in [2.05, 4.69) is 15.6 Å². The molecule has 24 heavy (non-hydrogen) atoms. The molecule has 1 aromatic rings. The fourth-order valence-corrected chi connectivity index (χ4v) is 2.45. The van der Waals surface area contributed by atoms with Crippen LogP contribution >= 0.6 is 35.7 Å². The number of benzene rings is 1. The highest BCUT2D eigenvalue weighted by molar-refractivity contribution is 14.0. The number of guanidine groups is 1. The van der Waals surface area contributed by atoms with Crippen molar-refractivity contribution in [3.63, 3.8) is 0 Å². The number of aliphatic imine (C=N–C) groups is 1. The van der Waals surface area contributed by atoms with Gasteiger partial charge in [-0.25, -0.2) is 9.38 Å². The second kappa shape index (κ2) is 11.8. The third kappa shape index (κ3) is 9.55. The van der Waals surface area contributed by atoms with E-state index in [1.165, 1.54) is 12.1 Å². The summed E-state index contributed by atoms with van der Waals surface area (Å²) in [5.74, 6) is 0.661. The van der Waals surface area contributed by atoms with Crippen molar-refractivity contribution in [1.29, 1.82) is 0 Å². The van der Waals surface area contributed by atoms with E-state index in [9.17, 15) is 17.6 Å². The largest absolute Gasteiger partial charge is 0.390 e. The third-order valence-corrected chi connectivity index (χ3v) is 3.52. The molecule has 1 aromatic carbocycles. The molecule has 0 atom stereocenters. The van der Waals surface area contributed by atoms with Crippen LogP contribution in [0.25, 0.3) is 0 Å². The normalized spacial score (nSPS) is 11.8. The fourth-order valence-electron chi connectivity index (χ4n) is 1.87. The highest BCUT2D eigenvalue weighted by Crippen LogP contribution is 2.19. The van der Waals surface area contributed by atoms with E-state index < -0.39 is 12.6 Å². The van der Waals surface area contributed by atoms with Gasteiger partial charge in [0.2, 0.25) is 0 Å². The van der Waals surface area contributed by atoms with E-state index in [1.807, 2.05) is 13.2 Å². The lowest BCUT2D eigenvalue weighted by molar-refractivity contribution is -0.132. The molecule has 0 heterocycles. The lowest BCUT2D eigenvalue weighted by Gasteiger charge is -2.13. The average molecular weight is 479 g/mol. The first kappa shape index (κ1) is 23.3. The standard InChI is InChI=1S/C15H21F4N3S.HI/c1-3-20-14(21-7-6-15(17,18)19)22-9-11-4-5-13(16)8-12(11)10-23-2;/h4-5,8H,3,6-7,9-10H2,1-2H3,(H2,20,21,22);1H. The van der Waals surface area contributed by atoms with Crippen LogP contribution in [-0.2, 0) is 12.3 Å². The van der Waals surface area contributed by atoms with Crippen LogP contribution in [0.4, 0.5) is 17.6 Å². The van der Waals surface area contributed by atoms with Crippen molar-refractivity contribution in [1.82, 2.24) is 10.6 Å². The molecule has 0 amide bonds. The number of hydrogen-bond donors (Lipinski definition) is 2. The maximum absolute atomic E-state index is 13.3.